The van der Waals surface area contributed by atoms with Gasteiger partial charge in [0.15, 0.2) is 0 Å². The van der Waals surface area contributed by atoms with Gasteiger partial charge in [-0.3, -0.25) is 0 Å². The first kappa shape index (κ1) is 16.2. The summed E-state index contributed by atoms with van der Waals surface area (Å²) < 4.78 is 26.5. The van der Waals surface area contributed by atoms with Gasteiger partial charge in [0, 0.05) is 25.9 Å². The summed E-state index contributed by atoms with van der Waals surface area (Å²) in [6, 6.07) is 9.10. The summed E-state index contributed by atoms with van der Waals surface area (Å²) in [5.41, 5.74) is 1.52. The average Bonchev–Trinajstić information content (AvgIpc) is 2.41. The van der Waals surface area contributed by atoms with Crippen LogP contribution in [-0.4, -0.2) is 25.8 Å². The Morgan fingerprint density at radius 2 is 1.65 bits per heavy atom. The quantitative estimate of drug-likeness (QED) is 0.803. The van der Waals surface area contributed by atoms with Gasteiger partial charge in [-0.05, 0) is 31.0 Å². The van der Waals surface area contributed by atoms with E-state index >= 15 is 0 Å². The van der Waals surface area contributed by atoms with Gasteiger partial charge in [-0.2, -0.15) is 14.8 Å². The molecule has 0 saturated heterocycles. The summed E-state index contributed by atoms with van der Waals surface area (Å²) in [5, 5.41) is 17.3. The second-order valence-corrected chi connectivity index (χ2v) is 6.40. The molecule has 1 aromatic rings. The zero-order valence-corrected chi connectivity index (χ0v) is 12.4. The van der Waals surface area contributed by atoms with Crippen LogP contribution >= 0.6 is 0 Å². The standard InChI is InChI=1S/C14H17N3O2S/c1-12-5-6-13(2)14(11-12)20(18,19)17(9-3-7-15)10-4-8-16/h5-6,11H,3-4,9-10H2,1-2H3. The molecule has 0 atom stereocenters. The molecule has 1 rings (SSSR count). The third-order valence-corrected chi connectivity index (χ3v) is 4.95. The van der Waals surface area contributed by atoms with Gasteiger partial charge < -0.3 is 0 Å². The molecular weight excluding hydrogens is 274 g/mol. The zero-order chi connectivity index (χ0) is 15.2. The Hall–Kier alpha value is -1.89. The highest BCUT2D eigenvalue weighted by Crippen LogP contribution is 2.21. The van der Waals surface area contributed by atoms with Crippen LogP contribution in [0.25, 0.3) is 0 Å². The number of hydrogen-bond acceptors (Lipinski definition) is 4. The lowest BCUT2D eigenvalue weighted by atomic mass is 10.2. The maximum atomic E-state index is 12.6. The van der Waals surface area contributed by atoms with Crippen LogP contribution in [0.2, 0.25) is 0 Å². The fourth-order valence-corrected chi connectivity index (χ4v) is 3.58. The molecule has 0 aromatic heterocycles. The minimum atomic E-state index is -3.67. The molecule has 0 N–H and O–H groups in total. The molecule has 0 amide bonds. The smallest absolute Gasteiger partial charge is 0.207 e. The van der Waals surface area contributed by atoms with E-state index in [4.69, 9.17) is 10.5 Å². The first-order chi connectivity index (χ1) is 9.43. The SMILES string of the molecule is Cc1ccc(C)c(S(=O)(=O)N(CCC#N)CCC#N)c1. The Morgan fingerprint density at radius 1 is 1.10 bits per heavy atom. The molecule has 0 aliphatic rings. The topological polar surface area (TPSA) is 85.0 Å². The number of sulfonamides is 1. The van der Waals surface area contributed by atoms with E-state index in [-0.39, 0.29) is 30.8 Å². The van der Waals surface area contributed by atoms with Gasteiger partial charge in [0.1, 0.15) is 0 Å². The van der Waals surface area contributed by atoms with Crippen LogP contribution in [-0.2, 0) is 10.0 Å². The van der Waals surface area contributed by atoms with Crippen LogP contribution in [0.4, 0.5) is 0 Å². The Labute approximate surface area is 120 Å². The van der Waals surface area contributed by atoms with Gasteiger partial charge in [0.25, 0.3) is 0 Å². The average molecular weight is 291 g/mol. The van der Waals surface area contributed by atoms with E-state index in [1.54, 1.807) is 19.1 Å². The zero-order valence-electron chi connectivity index (χ0n) is 11.6. The highest BCUT2D eigenvalue weighted by Gasteiger charge is 2.25. The van der Waals surface area contributed by atoms with E-state index in [9.17, 15) is 8.42 Å². The van der Waals surface area contributed by atoms with Crippen molar-refractivity contribution in [3.63, 3.8) is 0 Å². The molecule has 0 unspecified atom stereocenters. The molecule has 0 aliphatic carbocycles. The van der Waals surface area contributed by atoms with E-state index in [1.165, 1.54) is 4.31 Å². The van der Waals surface area contributed by atoms with Crippen LogP contribution in [0.1, 0.15) is 24.0 Å². The third-order valence-electron chi connectivity index (χ3n) is 2.91. The molecule has 0 bridgehead atoms. The van der Waals surface area contributed by atoms with Crippen molar-refractivity contribution in [3.05, 3.63) is 29.3 Å². The number of nitrogens with zero attached hydrogens (tertiary/aromatic N) is 3. The predicted molar refractivity (Wildman–Crippen MR) is 75.1 cm³/mol. The fraction of sp³-hybridized carbons (Fsp3) is 0.429. The second-order valence-electron chi connectivity index (χ2n) is 4.49. The summed E-state index contributed by atoms with van der Waals surface area (Å²) in [7, 11) is -3.67. The lowest BCUT2D eigenvalue weighted by molar-refractivity contribution is 0.424. The molecule has 20 heavy (non-hydrogen) atoms. The van der Waals surface area contributed by atoms with E-state index < -0.39 is 10.0 Å². The van der Waals surface area contributed by atoms with Gasteiger partial charge in [-0.1, -0.05) is 12.1 Å². The summed E-state index contributed by atoms with van der Waals surface area (Å²) in [5.74, 6) is 0. The molecule has 5 nitrogen and oxygen atoms in total. The highest BCUT2D eigenvalue weighted by atomic mass is 32.2. The molecule has 106 valence electrons. The first-order valence-corrected chi connectivity index (χ1v) is 7.68. The number of rotatable bonds is 6. The molecule has 0 saturated carbocycles. The molecule has 1 aromatic carbocycles. The van der Waals surface area contributed by atoms with E-state index in [2.05, 4.69) is 0 Å². The van der Waals surface area contributed by atoms with Gasteiger partial charge in [0.2, 0.25) is 10.0 Å². The molecule has 0 heterocycles. The molecule has 0 spiro atoms. The van der Waals surface area contributed by atoms with Gasteiger partial charge in [-0.15, -0.1) is 0 Å². The number of hydrogen-bond donors (Lipinski definition) is 0. The van der Waals surface area contributed by atoms with Gasteiger partial charge in [0.05, 0.1) is 17.0 Å². The Bertz CT molecular complexity index is 636. The van der Waals surface area contributed by atoms with Crippen molar-refractivity contribution in [1.82, 2.24) is 4.31 Å². The van der Waals surface area contributed by atoms with Crippen molar-refractivity contribution < 1.29 is 8.42 Å². The molecule has 6 heteroatoms. The van der Waals surface area contributed by atoms with Gasteiger partial charge >= 0.3 is 0 Å². The minimum absolute atomic E-state index is 0.105. The second kappa shape index (κ2) is 7.04. The van der Waals surface area contributed by atoms with Crippen LogP contribution in [0.5, 0.6) is 0 Å². The van der Waals surface area contributed by atoms with Crippen molar-refractivity contribution in [2.45, 2.75) is 31.6 Å². The maximum Gasteiger partial charge on any atom is 0.243 e. The monoisotopic (exact) mass is 291 g/mol. The van der Waals surface area contributed by atoms with E-state index in [1.807, 2.05) is 25.1 Å². The van der Waals surface area contributed by atoms with Crippen LogP contribution in [0.3, 0.4) is 0 Å². The molecule has 0 fully saturated rings. The molecular formula is C14H17N3O2S. The predicted octanol–water partition coefficient (Wildman–Crippen LogP) is 2.12. The van der Waals surface area contributed by atoms with Gasteiger partial charge in [-0.25, -0.2) is 8.42 Å². The highest BCUT2D eigenvalue weighted by molar-refractivity contribution is 7.89. The third kappa shape index (κ3) is 3.80. The summed E-state index contributed by atoms with van der Waals surface area (Å²) >= 11 is 0. The minimum Gasteiger partial charge on any atom is -0.207 e. The lowest BCUT2D eigenvalue weighted by Gasteiger charge is -2.21. The van der Waals surface area contributed by atoms with Crippen molar-refractivity contribution in [2.24, 2.45) is 0 Å². The summed E-state index contributed by atoms with van der Waals surface area (Å²) in [6.07, 6.45) is 0.213. The normalized spacial score (nSPS) is 11.1. The summed E-state index contributed by atoms with van der Waals surface area (Å²) in [4.78, 5) is 0.244. The Kier molecular flexibility index (Phi) is 5.69. The van der Waals surface area contributed by atoms with Crippen LogP contribution < -0.4 is 0 Å². The van der Waals surface area contributed by atoms with Crippen LogP contribution in [0.15, 0.2) is 23.1 Å². The van der Waals surface area contributed by atoms with Crippen molar-refractivity contribution in [1.29, 1.82) is 10.5 Å². The van der Waals surface area contributed by atoms with E-state index in [0.717, 1.165) is 5.56 Å². The largest absolute Gasteiger partial charge is 0.243 e. The summed E-state index contributed by atoms with van der Waals surface area (Å²) in [6.45, 7) is 3.77. The van der Waals surface area contributed by atoms with Crippen molar-refractivity contribution in [3.8, 4) is 12.1 Å². The van der Waals surface area contributed by atoms with Crippen molar-refractivity contribution >= 4 is 10.0 Å². The van der Waals surface area contributed by atoms with Crippen molar-refractivity contribution in [2.75, 3.05) is 13.1 Å². The maximum absolute atomic E-state index is 12.6. The number of nitriles is 2. The van der Waals surface area contributed by atoms with E-state index in [0.29, 0.717) is 5.56 Å². The fourth-order valence-electron chi connectivity index (χ4n) is 1.83. The molecule has 0 radical (unpaired) electrons. The number of aryl methyl sites for hydroxylation is 2. The first-order valence-electron chi connectivity index (χ1n) is 6.24. The van der Waals surface area contributed by atoms with Crippen LogP contribution in [0, 0.1) is 36.5 Å². The Morgan fingerprint density at radius 3 is 2.15 bits per heavy atom. The number of benzene rings is 1. The lowest BCUT2D eigenvalue weighted by Crippen LogP contribution is -2.33. The molecule has 0 aliphatic heterocycles. The Balaban J connectivity index is 3.18.